The van der Waals surface area contributed by atoms with E-state index in [0.717, 1.165) is 10.6 Å². The zero-order valence-electron chi connectivity index (χ0n) is 20.0. The van der Waals surface area contributed by atoms with Crippen LogP contribution in [0.1, 0.15) is 53.0 Å². The van der Waals surface area contributed by atoms with Crippen molar-refractivity contribution >= 4 is 28.5 Å². The molecule has 0 fully saturated rings. The number of rotatable bonds is 4. The number of nitrogens with one attached hydrogen (secondary N) is 1. The van der Waals surface area contributed by atoms with Crippen LogP contribution in [-0.4, -0.2) is 44.6 Å². The van der Waals surface area contributed by atoms with Gasteiger partial charge in [-0.1, -0.05) is 11.3 Å². The van der Waals surface area contributed by atoms with E-state index < -0.39 is 17.6 Å². The number of aryl methyl sites for hydroxylation is 1. The summed E-state index contributed by atoms with van der Waals surface area (Å²) in [6.07, 6.45) is 2.49. The van der Waals surface area contributed by atoms with Gasteiger partial charge in [-0.05, 0) is 39.8 Å². The molecule has 1 aliphatic rings. The van der Waals surface area contributed by atoms with Crippen LogP contribution in [0.15, 0.2) is 24.5 Å². The lowest BCUT2D eigenvalue weighted by Gasteiger charge is -2.24. The van der Waals surface area contributed by atoms with Gasteiger partial charge in [-0.25, -0.2) is 14.8 Å². The van der Waals surface area contributed by atoms with E-state index in [1.54, 1.807) is 24.0 Å². The Bertz CT molecular complexity index is 1330. The van der Waals surface area contributed by atoms with Gasteiger partial charge in [0.15, 0.2) is 5.13 Å². The number of pyridine rings is 2. The molecule has 0 saturated carbocycles. The molecule has 2 amide bonds. The van der Waals surface area contributed by atoms with Crippen molar-refractivity contribution in [2.45, 2.75) is 46.4 Å². The fourth-order valence-corrected chi connectivity index (χ4v) is 4.53. The lowest BCUT2D eigenvalue weighted by molar-refractivity contribution is 0.0241. The van der Waals surface area contributed by atoms with Crippen molar-refractivity contribution in [2.75, 3.05) is 12.4 Å². The van der Waals surface area contributed by atoms with E-state index >= 15 is 0 Å². The molecule has 0 atom stereocenters. The maximum Gasteiger partial charge on any atom is 0.410 e. The Morgan fingerprint density at radius 1 is 1.17 bits per heavy atom. The number of nitriles is 1. The predicted octanol–water partition coefficient (Wildman–Crippen LogP) is 4.29. The van der Waals surface area contributed by atoms with E-state index in [1.165, 1.54) is 30.8 Å². The summed E-state index contributed by atoms with van der Waals surface area (Å²) in [6.45, 7) is 7.95. The number of anilines is 1. The lowest BCUT2D eigenvalue weighted by atomic mass is 10.00. The highest BCUT2D eigenvalue weighted by molar-refractivity contribution is 7.16. The van der Waals surface area contributed by atoms with Gasteiger partial charge in [0, 0.05) is 29.2 Å². The molecule has 35 heavy (non-hydrogen) atoms. The average Bonchev–Trinajstić information content (AvgIpc) is 3.36. The Kier molecular flexibility index (Phi) is 6.41. The molecule has 10 nitrogen and oxygen atoms in total. The zero-order valence-corrected chi connectivity index (χ0v) is 20.8. The van der Waals surface area contributed by atoms with E-state index in [4.69, 9.17) is 9.47 Å². The molecular weight excluding hydrogens is 468 g/mol. The Balaban J connectivity index is 1.56. The molecular formula is C24H24N6O4S. The van der Waals surface area contributed by atoms with Gasteiger partial charge in [0.2, 0.25) is 5.88 Å². The van der Waals surface area contributed by atoms with E-state index in [-0.39, 0.29) is 5.56 Å². The number of hydrogen-bond acceptors (Lipinski definition) is 9. The van der Waals surface area contributed by atoms with E-state index in [0.29, 0.717) is 46.5 Å². The Labute approximate surface area is 206 Å². The fraction of sp³-hybridized carbons (Fsp3) is 0.333. The molecule has 0 spiro atoms. The molecule has 1 N–H and O–H groups in total. The van der Waals surface area contributed by atoms with Crippen LogP contribution < -0.4 is 10.1 Å². The van der Waals surface area contributed by atoms with Crippen LogP contribution in [0.2, 0.25) is 0 Å². The third-order valence-electron chi connectivity index (χ3n) is 5.07. The normalized spacial score (nSPS) is 12.6. The standard InChI is InChI=1S/C24H24N6O4S/c1-13-6-15(16-7-14(8-25)9-27-21(16)33-5)17(10-26-13)20(31)29-22-28-18-11-30(12-19(18)35-22)23(32)34-24(2,3)4/h6-7,9-10H,11-12H2,1-5H3,(H,28,29,31). The summed E-state index contributed by atoms with van der Waals surface area (Å²) in [5.74, 6) is -0.118. The molecule has 0 unspecified atom stereocenters. The molecule has 3 aromatic heterocycles. The molecule has 3 aromatic rings. The Hall–Kier alpha value is -4.04. The number of fused-ring (bicyclic) bond motifs is 1. The second kappa shape index (κ2) is 9.31. The smallest absolute Gasteiger partial charge is 0.410 e. The van der Waals surface area contributed by atoms with Gasteiger partial charge < -0.3 is 9.47 Å². The van der Waals surface area contributed by atoms with E-state index in [1.807, 2.05) is 20.8 Å². The van der Waals surface area contributed by atoms with Crippen molar-refractivity contribution in [3.8, 4) is 23.1 Å². The maximum atomic E-state index is 13.2. The van der Waals surface area contributed by atoms with Crippen LogP contribution in [0.4, 0.5) is 9.93 Å². The summed E-state index contributed by atoms with van der Waals surface area (Å²) in [6, 6.07) is 5.43. The molecule has 1 aliphatic heterocycles. The number of carbonyl (C=O) groups excluding carboxylic acids is 2. The number of ether oxygens (including phenoxy) is 2. The molecule has 0 saturated heterocycles. The zero-order chi connectivity index (χ0) is 25.3. The van der Waals surface area contributed by atoms with Crippen LogP contribution in [-0.2, 0) is 17.8 Å². The summed E-state index contributed by atoms with van der Waals surface area (Å²) in [5.41, 5.74) is 2.52. The summed E-state index contributed by atoms with van der Waals surface area (Å²) in [4.78, 5) is 41.0. The summed E-state index contributed by atoms with van der Waals surface area (Å²) in [5, 5.41) is 12.6. The largest absolute Gasteiger partial charge is 0.481 e. The van der Waals surface area contributed by atoms with Crippen molar-refractivity contribution in [2.24, 2.45) is 0 Å². The highest BCUT2D eigenvalue weighted by Gasteiger charge is 2.31. The van der Waals surface area contributed by atoms with Gasteiger partial charge in [0.05, 0.1) is 41.9 Å². The maximum absolute atomic E-state index is 13.2. The van der Waals surface area contributed by atoms with Crippen molar-refractivity contribution in [3.05, 3.63) is 51.9 Å². The van der Waals surface area contributed by atoms with Gasteiger partial charge in [-0.2, -0.15) is 5.26 Å². The number of amides is 2. The fourth-order valence-electron chi connectivity index (χ4n) is 3.55. The van der Waals surface area contributed by atoms with Crippen molar-refractivity contribution in [1.82, 2.24) is 19.9 Å². The Morgan fingerprint density at radius 3 is 2.60 bits per heavy atom. The molecule has 0 radical (unpaired) electrons. The van der Waals surface area contributed by atoms with Gasteiger partial charge >= 0.3 is 6.09 Å². The molecule has 4 heterocycles. The number of thiazole rings is 1. The molecule has 4 rings (SSSR count). The molecule has 180 valence electrons. The van der Waals surface area contributed by atoms with Crippen molar-refractivity contribution in [1.29, 1.82) is 5.26 Å². The first-order chi connectivity index (χ1) is 16.6. The quantitative estimate of drug-likeness (QED) is 0.571. The average molecular weight is 493 g/mol. The second-order valence-electron chi connectivity index (χ2n) is 8.94. The summed E-state index contributed by atoms with van der Waals surface area (Å²) >= 11 is 1.31. The van der Waals surface area contributed by atoms with E-state index in [9.17, 15) is 14.9 Å². The van der Waals surface area contributed by atoms with E-state index in [2.05, 4.69) is 26.3 Å². The summed E-state index contributed by atoms with van der Waals surface area (Å²) in [7, 11) is 1.48. The Morgan fingerprint density at radius 2 is 1.94 bits per heavy atom. The highest BCUT2D eigenvalue weighted by atomic mass is 32.1. The molecule has 0 aromatic carbocycles. The van der Waals surface area contributed by atoms with Gasteiger partial charge in [0.1, 0.15) is 11.7 Å². The number of nitrogens with zero attached hydrogens (tertiary/aromatic N) is 5. The monoisotopic (exact) mass is 492 g/mol. The van der Waals surface area contributed by atoms with Crippen LogP contribution in [0.25, 0.3) is 11.1 Å². The van der Waals surface area contributed by atoms with Crippen molar-refractivity contribution in [3.63, 3.8) is 0 Å². The highest BCUT2D eigenvalue weighted by Crippen LogP contribution is 2.34. The topological polar surface area (TPSA) is 130 Å². The first kappa shape index (κ1) is 24.1. The third kappa shape index (κ3) is 5.22. The summed E-state index contributed by atoms with van der Waals surface area (Å²) < 4.78 is 10.8. The van der Waals surface area contributed by atoms with Crippen LogP contribution in [0.5, 0.6) is 5.88 Å². The minimum Gasteiger partial charge on any atom is -0.481 e. The van der Waals surface area contributed by atoms with Crippen LogP contribution >= 0.6 is 11.3 Å². The predicted molar refractivity (Wildman–Crippen MR) is 129 cm³/mol. The first-order valence-electron chi connectivity index (χ1n) is 10.8. The molecule has 11 heteroatoms. The van der Waals surface area contributed by atoms with Gasteiger partial charge in [-0.15, -0.1) is 0 Å². The number of methoxy groups -OCH3 is 1. The van der Waals surface area contributed by atoms with Gasteiger partial charge in [0.25, 0.3) is 5.91 Å². The minimum atomic E-state index is -0.579. The van der Waals surface area contributed by atoms with Gasteiger partial charge in [-0.3, -0.25) is 20.0 Å². The number of carbonyl (C=O) groups is 2. The molecule has 0 bridgehead atoms. The van der Waals surface area contributed by atoms with Crippen LogP contribution in [0.3, 0.4) is 0 Å². The SMILES string of the molecule is COc1ncc(C#N)cc1-c1cc(C)ncc1C(=O)Nc1nc2c(s1)CN(C(=O)OC(C)(C)C)C2. The number of aromatic nitrogens is 3. The van der Waals surface area contributed by atoms with Crippen LogP contribution in [0, 0.1) is 18.3 Å². The number of hydrogen-bond donors (Lipinski definition) is 1. The minimum absolute atomic E-state index is 0.288. The first-order valence-corrected chi connectivity index (χ1v) is 11.6. The molecule has 0 aliphatic carbocycles. The third-order valence-corrected chi connectivity index (χ3v) is 6.07. The lowest BCUT2D eigenvalue weighted by Crippen LogP contribution is -2.33. The second-order valence-corrected chi connectivity index (χ2v) is 10.0. The van der Waals surface area contributed by atoms with Crippen molar-refractivity contribution < 1.29 is 19.1 Å².